The second-order valence-electron chi connectivity index (χ2n) is 4.09. The van der Waals surface area contributed by atoms with Crippen LogP contribution in [0, 0.1) is 15.9 Å². The second kappa shape index (κ2) is 5.05. The van der Waals surface area contributed by atoms with Gasteiger partial charge in [0.05, 0.1) is 11.0 Å². The summed E-state index contributed by atoms with van der Waals surface area (Å²) in [4.78, 5) is 10.2. The molecule has 0 fully saturated rings. The van der Waals surface area contributed by atoms with Gasteiger partial charge in [-0.15, -0.1) is 0 Å². The Morgan fingerprint density at radius 1 is 1.47 bits per heavy atom. The molecule has 0 aliphatic rings. The summed E-state index contributed by atoms with van der Waals surface area (Å²) < 4.78 is 14.3. The van der Waals surface area contributed by atoms with E-state index in [0.29, 0.717) is 6.42 Å². The largest absolute Gasteiger partial charge is 0.378 e. The predicted octanol–water partition coefficient (Wildman–Crippen LogP) is 2.51. The van der Waals surface area contributed by atoms with E-state index in [1.807, 2.05) is 6.92 Å². The topological polar surface area (TPSA) is 87.0 Å². The molecular formula is C12H13FN4O2. The van der Waals surface area contributed by atoms with Crippen molar-refractivity contribution in [1.82, 2.24) is 9.78 Å². The molecule has 0 aliphatic heterocycles. The van der Waals surface area contributed by atoms with Crippen molar-refractivity contribution < 1.29 is 9.31 Å². The van der Waals surface area contributed by atoms with Crippen LogP contribution in [0.4, 0.5) is 15.9 Å². The Kier molecular flexibility index (Phi) is 3.46. The highest BCUT2D eigenvalue weighted by Gasteiger charge is 2.23. The number of hydrogen-bond donors (Lipinski definition) is 1. The third kappa shape index (κ3) is 2.40. The first-order valence-corrected chi connectivity index (χ1v) is 5.77. The molecule has 1 unspecified atom stereocenters. The van der Waals surface area contributed by atoms with E-state index in [9.17, 15) is 14.5 Å². The molecule has 7 heteroatoms. The number of halogens is 1. The van der Waals surface area contributed by atoms with Gasteiger partial charge in [0, 0.05) is 0 Å². The number of nitrogens with zero attached hydrogens (tertiary/aromatic N) is 3. The van der Waals surface area contributed by atoms with Gasteiger partial charge in [-0.25, -0.2) is 9.07 Å². The Labute approximate surface area is 108 Å². The molecule has 0 aliphatic carbocycles. The van der Waals surface area contributed by atoms with Crippen molar-refractivity contribution in [1.29, 1.82) is 0 Å². The zero-order valence-corrected chi connectivity index (χ0v) is 10.3. The number of nitro groups is 1. The van der Waals surface area contributed by atoms with Gasteiger partial charge in [-0.2, -0.15) is 5.10 Å². The monoisotopic (exact) mass is 264 g/mol. The Hall–Kier alpha value is -2.44. The van der Waals surface area contributed by atoms with E-state index in [1.54, 1.807) is 12.1 Å². The van der Waals surface area contributed by atoms with Crippen LogP contribution in [0.15, 0.2) is 30.5 Å². The van der Waals surface area contributed by atoms with Crippen molar-refractivity contribution in [3.8, 4) is 0 Å². The Balaban J connectivity index is 2.42. The average Bonchev–Trinajstić information content (AvgIpc) is 2.75. The molecule has 100 valence electrons. The minimum Gasteiger partial charge on any atom is -0.378 e. The Bertz CT molecular complexity index is 594. The summed E-state index contributed by atoms with van der Waals surface area (Å²) in [5.74, 6) is -0.334. The average molecular weight is 264 g/mol. The zero-order chi connectivity index (χ0) is 14.0. The molecule has 19 heavy (non-hydrogen) atoms. The van der Waals surface area contributed by atoms with E-state index in [2.05, 4.69) is 5.10 Å². The molecule has 0 saturated heterocycles. The molecule has 2 rings (SSSR count). The molecule has 0 bridgehead atoms. The minimum atomic E-state index is -0.573. The fraction of sp³-hybridized carbons (Fsp3) is 0.250. The lowest BCUT2D eigenvalue weighted by atomic mass is 10.0. The van der Waals surface area contributed by atoms with Gasteiger partial charge in [0.1, 0.15) is 12.0 Å². The van der Waals surface area contributed by atoms with Crippen LogP contribution in [-0.2, 0) is 0 Å². The van der Waals surface area contributed by atoms with Gasteiger partial charge in [0.2, 0.25) is 5.82 Å². The number of benzene rings is 1. The maximum Gasteiger partial charge on any atom is 0.330 e. The van der Waals surface area contributed by atoms with Crippen molar-refractivity contribution in [2.45, 2.75) is 19.4 Å². The van der Waals surface area contributed by atoms with Crippen molar-refractivity contribution in [2.24, 2.45) is 0 Å². The maximum absolute atomic E-state index is 12.9. The smallest absolute Gasteiger partial charge is 0.330 e. The molecule has 1 aromatic heterocycles. The first kappa shape index (κ1) is 13.0. The van der Waals surface area contributed by atoms with Crippen LogP contribution in [-0.4, -0.2) is 14.7 Å². The van der Waals surface area contributed by atoms with Crippen LogP contribution in [0.5, 0.6) is 0 Å². The van der Waals surface area contributed by atoms with Gasteiger partial charge >= 0.3 is 5.69 Å². The van der Waals surface area contributed by atoms with Crippen LogP contribution in [0.1, 0.15) is 24.9 Å². The number of nitrogens with two attached hydrogens (primary N) is 1. The van der Waals surface area contributed by atoms with Crippen LogP contribution >= 0.6 is 0 Å². The fourth-order valence-corrected chi connectivity index (χ4v) is 1.99. The summed E-state index contributed by atoms with van der Waals surface area (Å²) in [7, 11) is 0. The summed E-state index contributed by atoms with van der Waals surface area (Å²) >= 11 is 0. The van der Waals surface area contributed by atoms with E-state index >= 15 is 0 Å². The van der Waals surface area contributed by atoms with Gasteiger partial charge in [-0.1, -0.05) is 19.1 Å². The van der Waals surface area contributed by atoms with Crippen LogP contribution < -0.4 is 5.73 Å². The summed E-state index contributed by atoms with van der Waals surface area (Å²) in [6.45, 7) is 1.90. The first-order valence-electron chi connectivity index (χ1n) is 5.77. The van der Waals surface area contributed by atoms with Crippen molar-refractivity contribution in [3.05, 3.63) is 52.0 Å². The molecule has 1 heterocycles. The lowest BCUT2D eigenvalue weighted by Gasteiger charge is -2.17. The van der Waals surface area contributed by atoms with Gasteiger partial charge in [0.25, 0.3) is 0 Å². The highest BCUT2D eigenvalue weighted by Crippen LogP contribution is 2.29. The molecule has 0 radical (unpaired) electrons. The van der Waals surface area contributed by atoms with Crippen LogP contribution in [0.25, 0.3) is 0 Å². The molecule has 0 saturated carbocycles. The fourth-order valence-electron chi connectivity index (χ4n) is 1.99. The quantitative estimate of drug-likeness (QED) is 0.679. The SMILES string of the molecule is CCC(c1ccc(F)cc1)n1ncc([N+](=O)[O-])c1N. The standard InChI is InChI=1S/C12H13FN4O2/c1-2-10(8-3-5-9(13)6-4-8)16-12(14)11(7-15-16)17(18)19/h3-7,10H,2,14H2,1H3. The van der Waals surface area contributed by atoms with E-state index < -0.39 is 4.92 Å². The second-order valence-corrected chi connectivity index (χ2v) is 4.09. The predicted molar refractivity (Wildman–Crippen MR) is 68.1 cm³/mol. The van der Waals surface area contributed by atoms with Crippen LogP contribution in [0.3, 0.4) is 0 Å². The third-order valence-corrected chi connectivity index (χ3v) is 2.95. The van der Waals surface area contributed by atoms with Gasteiger partial charge in [-0.3, -0.25) is 10.1 Å². The van der Waals surface area contributed by atoms with Crippen molar-refractivity contribution in [3.63, 3.8) is 0 Å². The van der Waals surface area contributed by atoms with E-state index in [4.69, 9.17) is 5.73 Å². The molecular weight excluding hydrogens is 251 g/mol. The van der Waals surface area contributed by atoms with Crippen molar-refractivity contribution >= 4 is 11.5 Å². The highest BCUT2D eigenvalue weighted by atomic mass is 19.1. The van der Waals surface area contributed by atoms with Crippen molar-refractivity contribution in [2.75, 3.05) is 5.73 Å². The summed E-state index contributed by atoms with van der Waals surface area (Å²) in [5.41, 5.74) is 6.31. The highest BCUT2D eigenvalue weighted by molar-refractivity contribution is 5.52. The number of rotatable bonds is 4. The van der Waals surface area contributed by atoms with Gasteiger partial charge in [0.15, 0.2) is 0 Å². The normalized spacial score (nSPS) is 12.3. The van der Waals surface area contributed by atoms with Crippen LogP contribution in [0.2, 0.25) is 0 Å². The Morgan fingerprint density at radius 3 is 2.58 bits per heavy atom. The summed E-state index contributed by atoms with van der Waals surface area (Å²) in [5, 5.41) is 14.7. The zero-order valence-electron chi connectivity index (χ0n) is 10.3. The third-order valence-electron chi connectivity index (χ3n) is 2.95. The molecule has 0 spiro atoms. The van der Waals surface area contributed by atoms with E-state index in [-0.39, 0.29) is 23.4 Å². The minimum absolute atomic E-state index is 0.00109. The molecule has 0 amide bonds. The lowest BCUT2D eigenvalue weighted by molar-refractivity contribution is -0.384. The summed E-state index contributed by atoms with van der Waals surface area (Å²) in [6.07, 6.45) is 1.76. The molecule has 2 N–H and O–H groups in total. The Morgan fingerprint density at radius 2 is 2.11 bits per heavy atom. The van der Waals surface area contributed by atoms with E-state index in [1.165, 1.54) is 16.8 Å². The number of aromatic nitrogens is 2. The van der Waals surface area contributed by atoms with E-state index in [0.717, 1.165) is 11.8 Å². The number of nitrogen functional groups attached to an aromatic ring is 1. The molecule has 1 aromatic carbocycles. The van der Waals surface area contributed by atoms with Gasteiger partial charge < -0.3 is 5.73 Å². The number of hydrogen-bond acceptors (Lipinski definition) is 4. The number of anilines is 1. The molecule has 6 nitrogen and oxygen atoms in total. The van der Waals surface area contributed by atoms with Gasteiger partial charge in [-0.05, 0) is 24.1 Å². The first-order chi connectivity index (χ1) is 9.04. The summed E-state index contributed by atoms with van der Waals surface area (Å²) in [6, 6.07) is 5.67. The maximum atomic E-state index is 12.9. The molecule has 1 atom stereocenters. The molecule has 2 aromatic rings. The lowest BCUT2D eigenvalue weighted by Crippen LogP contribution is -2.14.